The van der Waals surface area contributed by atoms with Crippen molar-refractivity contribution in [1.82, 2.24) is 19.6 Å². The first kappa shape index (κ1) is 13.1. The van der Waals surface area contributed by atoms with Crippen LogP contribution in [0.25, 0.3) is 5.52 Å². The van der Waals surface area contributed by atoms with Crippen LogP contribution in [0.3, 0.4) is 0 Å². The van der Waals surface area contributed by atoms with E-state index in [-0.39, 0.29) is 11.9 Å². The van der Waals surface area contributed by atoms with Crippen molar-refractivity contribution in [3.05, 3.63) is 35.4 Å². The van der Waals surface area contributed by atoms with E-state index in [1.54, 1.807) is 18.5 Å². The highest BCUT2D eigenvalue weighted by molar-refractivity contribution is 6.34. The lowest BCUT2D eigenvalue weighted by atomic mass is 9.97. The highest BCUT2D eigenvalue weighted by Crippen LogP contribution is 2.27. The minimum atomic E-state index is -0.109. The third kappa shape index (κ3) is 2.40. The zero-order valence-electron chi connectivity index (χ0n) is 11.6. The Balaban J connectivity index is 1.52. The second-order valence-corrected chi connectivity index (χ2v) is 6.46. The normalized spacial score (nSPS) is 28.0. The molecule has 2 aromatic heterocycles. The molecule has 2 unspecified atom stereocenters. The van der Waals surface area contributed by atoms with Crippen molar-refractivity contribution in [2.45, 2.75) is 18.9 Å². The summed E-state index contributed by atoms with van der Waals surface area (Å²) < 4.78 is 1.81. The van der Waals surface area contributed by atoms with Gasteiger partial charge < -0.3 is 14.6 Å². The number of carbonyl (C=O) groups is 1. The molecule has 4 rings (SSSR count). The molecule has 2 bridgehead atoms. The van der Waals surface area contributed by atoms with Crippen molar-refractivity contribution < 1.29 is 4.79 Å². The molecule has 0 spiro atoms. The van der Waals surface area contributed by atoms with Gasteiger partial charge in [0, 0.05) is 25.3 Å². The molecule has 1 N–H and O–H groups in total. The van der Waals surface area contributed by atoms with Crippen molar-refractivity contribution in [2.75, 3.05) is 19.6 Å². The molecule has 2 aliphatic rings. The lowest BCUT2D eigenvalue weighted by molar-refractivity contribution is 0.0904. The zero-order chi connectivity index (χ0) is 14.4. The predicted octanol–water partition coefficient (Wildman–Crippen LogP) is 1.81. The molecule has 5 nitrogen and oxygen atoms in total. The summed E-state index contributed by atoms with van der Waals surface area (Å²) in [6.45, 7) is 3.31. The van der Waals surface area contributed by atoms with E-state index in [0.29, 0.717) is 10.7 Å². The highest BCUT2D eigenvalue weighted by atomic mass is 35.5. The van der Waals surface area contributed by atoms with Crippen LogP contribution in [0.4, 0.5) is 0 Å². The number of aromatic nitrogens is 2. The van der Waals surface area contributed by atoms with Gasteiger partial charge in [-0.25, -0.2) is 4.98 Å². The predicted molar refractivity (Wildman–Crippen MR) is 80.6 cm³/mol. The lowest BCUT2D eigenvalue weighted by Crippen LogP contribution is -2.47. The van der Waals surface area contributed by atoms with Crippen LogP contribution in [0.1, 0.15) is 23.3 Å². The van der Waals surface area contributed by atoms with Crippen LogP contribution < -0.4 is 5.32 Å². The van der Waals surface area contributed by atoms with Crippen molar-refractivity contribution in [2.24, 2.45) is 5.92 Å². The minimum Gasteiger partial charge on any atom is -0.347 e. The third-order valence-corrected chi connectivity index (χ3v) is 4.85. The van der Waals surface area contributed by atoms with Crippen LogP contribution in [-0.4, -0.2) is 45.9 Å². The fourth-order valence-corrected chi connectivity index (χ4v) is 3.73. The number of hydrogen-bond donors (Lipinski definition) is 1. The monoisotopic (exact) mass is 304 g/mol. The van der Waals surface area contributed by atoms with Gasteiger partial charge in [-0.15, -0.1) is 0 Å². The number of fused-ring (bicyclic) bond motifs is 3. The van der Waals surface area contributed by atoms with Crippen molar-refractivity contribution >= 4 is 23.0 Å². The number of piperidine rings is 1. The molecular weight excluding hydrogens is 288 g/mol. The Bertz CT molecular complexity index is 686. The fourth-order valence-electron chi connectivity index (χ4n) is 3.52. The van der Waals surface area contributed by atoms with Crippen LogP contribution in [0.5, 0.6) is 0 Å². The Hall–Kier alpha value is -1.59. The summed E-state index contributed by atoms with van der Waals surface area (Å²) in [5.41, 5.74) is 1.24. The smallest absolute Gasteiger partial charge is 0.270 e. The SMILES string of the molecule is O=C(N[C@@H]1CC2CCN(C2)C1)c1cc2c(Cl)ccn2cn1. The summed E-state index contributed by atoms with van der Waals surface area (Å²) in [6.07, 6.45) is 5.80. The summed E-state index contributed by atoms with van der Waals surface area (Å²) in [6, 6.07) is 3.78. The Morgan fingerprint density at radius 1 is 1.43 bits per heavy atom. The molecule has 3 atom stereocenters. The third-order valence-electron chi connectivity index (χ3n) is 4.53. The molecule has 0 radical (unpaired) electrons. The Labute approximate surface area is 127 Å². The molecule has 4 heterocycles. The van der Waals surface area contributed by atoms with Gasteiger partial charge in [0.15, 0.2) is 0 Å². The molecule has 1 amide bonds. The first-order valence-electron chi connectivity index (χ1n) is 7.34. The van der Waals surface area contributed by atoms with Crippen LogP contribution in [0.2, 0.25) is 5.02 Å². The summed E-state index contributed by atoms with van der Waals surface area (Å²) in [5.74, 6) is 0.627. The first-order valence-corrected chi connectivity index (χ1v) is 7.72. The van der Waals surface area contributed by atoms with Gasteiger partial charge in [-0.1, -0.05) is 11.6 Å². The molecule has 2 fully saturated rings. The van der Waals surface area contributed by atoms with E-state index < -0.39 is 0 Å². The Morgan fingerprint density at radius 2 is 2.33 bits per heavy atom. The number of nitrogens with one attached hydrogen (secondary N) is 1. The molecule has 21 heavy (non-hydrogen) atoms. The minimum absolute atomic E-state index is 0.109. The van der Waals surface area contributed by atoms with Gasteiger partial charge in [0.1, 0.15) is 12.0 Å². The van der Waals surface area contributed by atoms with E-state index in [4.69, 9.17) is 11.6 Å². The van der Waals surface area contributed by atoms with E-state index in [2.05, 4.69) is 15.2 Å². The molecule has 2 aliphatic heterocycles. The van der Waals surface area contributed by atoms with Crippen molar-refractivity contribution in [1.29, 1.82) is 0 Å². The fraction of sp³-hybridized carbons (Fsp3) is 0.467. The van der Waals surface area contributed by atoms with Crippen molar-refractivity contribution in [3.63, 3.8) is 0 Å². The average Bonchev–Trinajstić information content (AvgIpc) is 3.02. The topological polar surface area (TPSA) is 49.6 Å². The number of rotatable bonds is 2. The maximum absolute atomic E-state index is 12.4. The number of carbonyl (C=O) groups excluding carboxylic acids is 1. The molecule has 6 heteroatoms. The average molecular weight is 305 g/mol. The number of amides is 1. The number of hydrogen-bond acceptors (Lipinski definition) is 3. The van der Waals surface area contributed by atoms with Gasteiger partial charge in [-0.05, 0) is 37.4 Å². The second kappa shape index (κ2) is 5.00. The zero-order valence-corrected chi connectivity index (χ0v) is 12.4. The van der Waals surface area contributed by atoms with Crippen LogP contribution in [-0.2, 0) is 0 Å². The maximum atomic E-state index is 12.4. The number of halogens is 1. The summed E-state index contributed by atoms with van der Waals surface area (Å²) in [5, 5.41) is 3.75. The second-order valence-electron chi connectivity index (χ2n) is 6.05. The molecule has 2 saturated heterocycles. The van der Waals surface area contributed by atoms with Gasteiger partial charge >= 0.3 is 0 Å². The first-order chi connectivity index (χ1) is 10.2. The van der Waals surface area contributed by atoms with E-state index >= 15 is 0 Å². The summed E-state index contributed by atoms with van der Waals surface area (Å²) >= 11 is 6.10. The van der Waals surface area contributed by atoms with E-state index in [1.165, 1.54) is 19.5 Å². The van der Waals surface area contributed by atoms with Crippen LogP contribution >= 0.6 is 11.6 Å². The lowest BCUT2D eigenvalue weighted by Gasteiger charge is -2.30. The largest absolute Gasteiger partial charge is 0.347 e. The standard InChI is InChI=1S/C15H17ClN4O/c16-12-2-4-20-9-17-13(6-14(12)20)15(21)18-11-5-10-1-3-19(7-10)8-11/h2,4,6,9-11H,1,3,5,7-8H2,(H,18,21)/t10?,11-/m1/s1. The number of nitrogens with zero attached hydrogens (tertiary/aromatic N) is 3. The van der Waals surface area contributed by atoms with Crippen molar-refractivity contribution in [3.8, 4) is 0 Å². The maximum Gasteiger partial charge on any atom is 0.270 e. The summed E-state index contributed by atoms with van der Waals surface area (Å²) in [4.78, 5) is 19.0. The van der Waals surface area contributed by atoms with E-state index in [0.717, 1.165) is 24.4 Å². The molecule has 0 aliphatic carbocycles. The molecule has 110 valence electrons. The van der Waals surface area contributed by atoms with Crippen LogP contribution in [0, 0.1) is 5.92 Å². The van der Waals surface area contributed by atoms with Crippen LogP contribution in [0.15, 0.2) is 24.7 Å². The molecular formula is C15H17ClN4O. The quantitative estimate of drug-likeness (QED) is 0.920. The molecule has 0 saturated carbocycles. The van der Waals surface area contributed by atoms with Gasteiger partial charge in [0.05, 0.1) is 10.5 Å². The van der Waals surface area contributed by atoms with Gasteiger partial charge in [-0.2, -0.15) is 0 Å². The van der Waals surface area contributed by atoms with E-state index in [1.807, 2.05) is 10.6 Å². The highest BCUT2D eigenvalue weighted by Gasteiger charge is 2.33. The van der Waals surface area contributed by atoms with Gasteiger partial charge in [0.2, 0.25) is 0 Å². The molecule has 0 aromatic carbocycles. The Morgan fingerprint density at radius 3 is 3.19 bits per heavy atom. The van der Waals surface area contributed by atoms with E-state index in [9.17, 15) is 4.79 Å². The Kier molecular flexibility index (Phi) is 3.12. The molecule has 2 aromatic rings. The summed E-state index contributed by atoms with van der Waals surface area (Å²) in [7, 11) is 0. The van der Waals surface area contributed by atoms with Gasteiger partial charge in [-0.3, -0.25) is 4.79 Å². The van der Waals surface area contributed by atoms with Gasteiger partial charge in [0.25, 0.3) is 5.91 Å².